The van der Waals surface area contributed by atoms with Gasteiger partial charge in [-0.25, -0.2) is 0 Å². The number of ether oxygens (including phenoxy) is 3. The van der Waals surface area contributed by atoms with Crippen LogP contribution in [0.3, 0.4) is 0 Å². The van der Waals surface area contributed by atoms with E-state index in [2.05, 4.69) is 31.4 Å². The highest BCUT2D eigenvalue weighted by atomic mass is 79.9. The molecule has 1 aliphatic rings. The van der Waals surface area contributed by atoms with E-state index in [1.807, 2.05) is 12.1 Å². The standard InChI is InChI=1S/C17H20BrN3O4S/c1-23-13-8-10(11(18)9-14(13)24-2)5-6-15(22)19-17-21-20-16(26-17)12-4-3-7-25-12/h8-9,12H,3-7H2,1-2H3,(H,19,21,22). The van der Waals surface area contributed by atoms with Crippen LogP contribution in [0.1, 0.15) is 35.9 Å². The number of methoxy groups -OCH3 is 2. The molecule has 0 bridgehead atoms. The van der Waals surface area contributed by atoms with E-state index in [0.29, 0.717) is 29.5 Å². The maximum Gasteiger partial charge on any atom is 0.226 e. The number of aromatic nitrogens is 2. The van der Waals surface area contributed by atoms with Gasteiger partial charge in [0.2, 0.25) is 11.0 Å². The Balaban J connectivity index is 1.57. The molecule has 140 valence electrons. The van der Waals surface area contributed by atoms with Gasteiger partial charge in [-0.05, 0) is 37.0 Å². The van der Waals surface area contributed by atoms with Crippen molar-refractivity contribution in [2.45, 2.75) is 31.8 Å². The minimum absolute atomic E-state index is 0.0147. The number of carbonyl (C=O) groups excluding carboxylic acids is 1. The molecule has 1 fully saturated rings. The summed E-state index contributed by atoms with van der Waals surface area (Å²) in [4.78, 5) is 12.2. The van der Waals surface area contributed by atoms with Crippen molar-refractivity contribution in [2.75, 3.05) is 26.1 Å². The Morgan fingerprint density at radius 3 is 2.81 bits per heavy atom. The van der Waals surface area contributed by atoms with Gasteiger partial charge >= 0.3 is 0 Å². The third kappa shape index (κ3) is 4.52. The molecule has 3 rings (SSSR count). The highest BCUT2D eigenvalue weighted by molar-refractivity contribution is 9.10. The van der Waals surface area contributed by atoms with Crippen LogP contribution in [-0.2, 0) is 16.0 Å². The lowest BCUT2D eigenvalue weighted by molar-refractivity contribution is -0.116. The first kappa shape index (κ1) is 19.1. The molecular formula is C17H20BrN3O4S. The lowest BCUT2D eigenvalue weighted by Gasteiger charge is -2.11. The van der Waals surface area contributed by atoms with E-state index < -0.39 is 0 Å². The van der Waals surface area contributed by atoms with E-state index in [1.165, 1.54) is 11.3 Å². The van der Waals surface area contributed by atoms with Gasteiger partial charge in [0.15, 0.2) is 11.5 Å². The maximum atomic E-state index is 12.2. The van der Waals surface area contributed by atoms with E-state index >= 15 is 0 Å². The molecule has 1 aliphatic heterocycles. The van der Waals surface area contributed by atoms with Crippen LogP contribution in [0.4, 0.5) is 5.13 Å². The Bertz CT molecular complexity index is 777. The van der Waals surface area contributed by atoms with Gasteiger partial charge in [0.25, 0.3) is 0 Å². The van der Waals surface area contributed by atoms with Crippen molar-refractivity contribution in [1.82, 2.24) is 10.2 Å². The molecule has 7 nitrogen and oxygen atoms in total. The summed E-state index contributed by atoms with van der Waals surface area (Å²) in [5.41, 5.74) is 0.968. The van der Waals surface area contributed by atoms with Crippen molar-refractivity contribution in [3.8, 4) is 11.5 Å². The fourth-order valence-corrected chi connectivity index (χ4v) is 4.07. The summed E-state index contributed by atoms with van der Waals surface area (Å²) in [6.45, 7) is 0.756. The summed E-state index contributed by atoms with van der Waals surface area (Å²) >= 11 is 4.88. The Morgan fingerprint density at radius 1 is 1.35 bits per heavy atom. The molecule has 1 amide bonds. The SMILES string of the molecule is COc1cc(Br)c(CCC(=O)Nc2nnc(C3CCCO3)s2)cc1OC. The van der Waals surface area contributed by atoms with Gasteiger partial charge in [0.05, 0.1) is 14.2 Å². The summed E-state index contributed by atoms with van der Waals surface area (Å²) in [6.07, 6.45) is 2.88. The molecule has 9 heteroatoms. The van der Waals surface area contributed by atoms with Gasteiger partial charge in [-0.15, -0.1) is 10.2 Å². The summed E-state index contributed by atoms with van der Waals surface area (Å²) < 4.78 is 17.0. The van der Waals surface area contributed by atoms with Crippen molar-refractivity contribution < 1.29 is 19.0 Å². The number of amides is 1. The van der Waals surface area contributed by atoms with Crippen LogP contribution in [0.2, 0.25) is 0 Å². The molecule has 0 aliphatic carbocycles. The molecule has 1 aromatic heterocycles. The van der Waals surface area contributed by atoms with Crippen LogP contribution in [-0.4, -0.2) is 36.9 Å². The molecule has 1 saturated heterocycles. The summed E-state index contributed by atoms with van der Waals surface area (Å²) in [7, 11) is 3.17. The molecule has 0 radical (unpaired) electrons. The third-order valence-corrected chi connectivity index (χ3v) is 5.74. The number of anilines is 1. The summed E-state index contributed by atoms with van der Waals surface area (Å²) in [6, 6.07) is 3.71. The number of benzene rings is 1. The number of nitrogens with one attached hydrogen (secondary N) is 1. The molecule has 2 heterocycles. The number of nitrogens with zero attached hydrogens (tertiary/aromatic N) is 2. The maximum absolute atomic E-state index is 12.2. The lowest BCUT2D eigenvalue weighted by atomic mass is 10.1. The highest BCUT2D eigenvalue weighted by Gasteiger charge is 2.22. The fourth-order valence-electron chi connectivity index (χ4n) is 2.71. The number of rotatable bonds is 7. The topological polar surface area (TPSA) is 82.6 Å². The Kier molecular flexibility index (Phi) is 6.44. The van der Waals surface area contributed by atoms with Crippen molar-refractivity contribution in [3.05, 3.63) is 27.2 Å². The van der Waals surface area contributed by atoms with Crippen LogP contribution in [0.15, 0.2) is 16.6 Å². The molecule has 0 saturated carbocycles. The minimum atomic E-state index is -0.110. The number of hydrogen-bond acceptors (Lipinski definition) is 7. The fraction of sp³-hybridized carbons (Fsp3) is 0.471. The van der Waals surface area contributed by atoms with Crippen molar-refractivity contribution >= 4 is 38.3 Å². The molecular weight excluding hydrogens is 422 g/mol. The Morgan fingerprint density at radius 2 is 2.12 bits per heavy atom. The molecule has 1 unspecified atom stereocenters. The van der Waals surface area contributed by atoms with Crippen molar-refractivity contribution in [2.24, 2.45) is 0 Å². The van der Waals surface area contributed by atoms with Crippen LogP contribution in [0, 0.1) is 0 Å². The van der Waals surface area contributed by atoms with Gasteiger partial charge in [-0.1, -0.05) is 27.3 Å². The van der Waals surface area contributed by atoms with Gasteiger partial charge in [-0.2, -0.15) is 0 Å². The Hall–Kier alpha value is -1.71. The van der Waals surface area contributed by atoms with Gasteiger partial charge in [0.1, 0.15) is 11.1 Å². The predicted octanol–water partition coefficient (Wildman–Crippen LogP) is 3.74. The van der Waals surface area contributed by atoms with Crippen LogP contribution in [0.25, 0.3) is 0 Å². The number of hydrogen-bond donors (Lipinski definition) is 1. The largest absolute Gasteiger partial charge is 0.493 e. The smallest absolute Gasteiger partial charge is 0.226 e. The highest BCUT2D eigenvalue weighted by Crippen LogP contribution is 2.34. The molecule has 0 spiro atoms. The van der Waals surface area contributed by atoms with Gasteiger partial charge < -0.3 is 19.5 Å². The second-order valence-corrected chi connectivity index (χ2v) is 7.66. The number of aryl methyl sites for hydroxylation is 1. The Labute approximate surface area is 164 Å². The van der Waals surface area contributed by atoms with Crippen molar-refractivity contribution in [3.63, 3.8) is 0 Å². The van der Waals surface area contributed by atoms with Crippen LogP contribution in [0.5, 0.6) is 11.5 Å². The predicted molar refractivity (Wildman–Crippen MR) is 102 cm³/mol. The lowest BCUT2D eigenvalue weighted by Crippen LogP contribution is -2.12. The first-order valence-electron chi connectivity index (χ1n) is 8.26. The molecule has 2 aromatic rings. The molecule has 1 aromatic carbocycles. The van der Waals surface area contributed by atoms with E-state index in [1.54, 1.807) is 14.2 Å². The average Bonchev–Trinajstić information content (AvgIpc) is 3.31. The quantitative estimate of drug-likeness (QED) is 0.704. The first-order chi connectivity index (χ1) is 12.6. The van der Waals surface area contributed by atoms with E-state index in [-0.39, 0.29) is 12.0 Å². The zero-order chi connectivity index (χ0) is 18.5. The second-order valence-electron chi connectivity index (χ2n) is 5.79. The normalized spacial score (nSPS) is 16.5. The third-order valence-electron chi connectivity index (χ3n) is 4.07. The minimum Gasteiger partial charge on any atom is -0.493 e. The zero-order valence-corrected chi connectivity index (χ0v) is 17.0. The number of carbonyl (C=O) groups is 1. The summed E-state index contributed by atoms with van der Waals surface area (Å²) in [5.74, 6) is 1.17. The summed E-state index contributed by atoms with van der Waals surface area (Å²) in [5, 5.41) is 12.3. The zero-order valence-electron chi connectivity index (χ0n) is 14.6. The van der Waals surface area contributed by atoms with E-state index in [4.69, 9.17) is 14.2 Å². The van der Waals surface area contributed by atoms with Crippen LogP contribution < -0.4 is 14.8 Å². The van der Waals surface area contributed by atoms with E-state index in [9.17, 15) is 4.79 Å². The van der Waals surface area contributed by atoms with E-state index in [0.717, 1.165) is 34.5 Å². The van der Waals surface area contributed by atoms with Gasteiger partial charge in [-0.3, -0.25) is 4.79 Å². The number of halogens is 1. The first-order valence-corrected chi connectivity index (χ1v) is 9.87. The second kappa shape index (κ2) is 8.79. The van der Waals surface area contributed by atoms with Gasteiger partial charge in [0, 0.05) is 17.5 Å². The average molecular weight is 442 g/mol. The molecule has 26 heavy (non-hydrogen) atoms. The molecule has 1 atom stereocenters. The monoisotopic (exact) mass is 441 g/mol. The van der Waals surface area contributed by atoms with Crippen molar-refractivity contribution in [1.29, 1.82) is 0 Å². The van der Waals surface area contributed by atoms with Crippen LogP contribution >= 0.6 is 27.3 Å². The molecule has 1 N–H and O–H groups in total.